The number of nitrogens with zero attached hydrogens (tertiary/aromatic N) is 3. The van der Waals surface area contributed by atoms with Crippen molar-refractivity contribution in [3.63, 3.8) is 0 Å². The van der Waals surface area contributed by atoms with Crippen LogP contribution in [0.1, 0.15) is 17.0 Å². The molecule has 1 aromatic carbocycles. The van der Waals surface area contributed by atoms with Gasteiger partial charge in [-0.25, -0.2) is 9.21 Å². The fourth-order valence-corrected chi connectivity index (χ4v) is 3.41. The fourth-order valence-electron chi connectivity index (χ4n) is 2.21. The van der Waals surface area contributed by atoms with E-state index in [4.69, 9.17) is 11.8 Å². The molecule has 0 bridgehead atoms. The van der Waals surface area contributed by atoms with Gasteiger partial charge in [-0.15, -0.1) is 11.3 Å². The first-order chi connectivity index (χ1) is 10.0. The summed E-state index contributed by atoms with van der Waals surface area (Å²) in [7, 11) is 0. The van der Waals surface area contributed by atoms with Gasteiger partial charge < -0.3 is 0 Å². The van der Waals surface area contributed by atoms with Gasteiger partial charge in [-0.1, -0.05) is 18.2 Å². The van der Waals surface area contributed by atoms with Crippen LogP contribution in [0, 0.1) is 20.8 Å². The van der Waals surface area contributed by atoms with Crippen molar-refractivity contribution in [1.29, 1.82) is 0 Å². The molecule has 0 aliphatic rings. The van der Waals surface area contributed by atoms with Crippen molar-refractivity contribution < 1.29 is 4.79 Å². The highest BCUT2D eigenvalue weighted by Gasteiger charge is 2.22. The molecule has 1 amide bonds. The molecule has 0 saturated heterocycles. The summed E-state index contributed by atoms with van der Waals surface area (Å²) in [5, 5.41) is 7.11. The van der Waals surface area contributed by atoms with Crippen LogP contribution in [0.15, 0.2) is 29.6 Å². The van der Waals surface area contributed by atoms with E-state index < -0.39 is 0 Å². The zero-order chi connectivity index (χ0) is 15.1. The number of halogens is 1. The average Bonchev–Trinajstić information content (AvgIpc) is 3.03. The van der Waals surface area contributed by atoms with Gasteiger partial charge in [0.05, 0.1) is 11.4 Å². The van der Waals surface area contributed by atoms with Gasteiger partial charge in [0.15, 0.2) is 0 Å². The molecule has 3 aromatic rings. The average molecular weight is 320 g/mol. The molecule has 21 heavy (non-hydrogen) atoms. The number of rotatable bonds is 1. The standard InChI is InChI=1S/C15H14ClN3OS/c1-9-10(2)17-19(11(9)3)15(20)18(16)13-8-21-14-7-5-4-6-12(13)14/h4-8H,1-3H3. The van der Waals surface area contributed by atoms with E-state index in [2.05, 4.69) is 5.10 Å². The third kappa shape index (κ3) is 2.22. The van der Waals surface area contributed by atoms with Crippen molar-refractivity contribution in [1.82, 2.24) is 9.78 Å². The Morgan fingerprint density at radius 1 is 1.29 bits per heavy atom. The Labute approximate surface area is 131 Å². The molecule has 0 saturated carbocycles. The second-order valence-electron chi connectivity index (χ2n) is 4.89. The molecule has 4 nitrogen and oxygen atoms in total. The number of benzene rings is 1. The van der Waals surface area contributed by atoms with Gasteiger partial charge in [-0.05, 0) is 32.4 Å². The number of carbonyl (C=O) groups is 1. The van der Waals surface area contributed by atoms with Gasteiger partial charge in [-0.3, -0.25) is 0 Å². The maximum absolute atomic E-state index is 12.6. The molecule has 0 atom stereocenters. The molecule has 0 aliphatic heterocycles. The number of aryl methyl sites for hydroxylation is 1. The number of amides is 1. The third-order valence-corrected chi connectivity index (χ3v) is 4.95. The van der Waals surface area contributed by atoms with Crippen molar-refractivity contribution in [2.24, 2.45) is 0 Å². The fraction of sp³-hybridized carbons (Fsp3) is 0.200. The molecule has 0 spiro atoms. The number of anilines is 1. The number of fused-ring (bicyclic) bond motifs is 1. The summed E-state index contributed by atoms with van der Waals surface area (Å²) < 4.78 is 3.58. The molecule has 2 heterocycles. The van der Waals surface area contributed by atoms with Crippen molar-refractivity contribution in [2.75, 3.05) is 4.42 Å². The summed E-state index contributed by atoms with van der Waals surface area (Å²) in [5.41, 5.74) is 3.33. The largest absolute Gasteiger partial charge is 0.364 e. The minimum absolute atomic E-state index is 0.367. The van der Waals surface area contributed by atoms with Crippen LogP contribution in [-0.4, -0.2) is 15.8 Å². The lowest BCUT2D eigenvalue weighted by Gasteiger charge is -2.13. The summed E-state index contributed by atoms with van der Waals surface area (Å²) in [4.78, 5) is 12.6. The van der Waals surface area contributed by atoms with Crippen LogP contribution in [0.25, 0.3) is 10.1 Å². The Morgan fingerprint density at radius 2 is 2.00 bits per heavy atom. The van der Waals surface area contributed by atoms with Gasteiger partial charge in [-0.2, -0.15) is 9.78 Å². The maximum atomic E-state index is 12.6. The molecule has 0 N–H and O–H groups in total. The Bertz CT molecular complexity index is 837. The van der Waals surface area contributed by atoms with Crippen molar-refractivity contribution in [3.05, 3.63) is 46.6 Å². The molecule has 0 unspecified atom stereocenters. The molecular weight excluding hydrogens is 306 g/mol. The van der Waals surface area contributed by atoms with E-state index in [0.29, 0.717) is 5.69 Å². The Hall–Kier alpha value is -1.85. The zero-order valence-electron chi connectivity index (χ0n) is 11.9. The van der Waals surface area contributed by atoms with E-state index >= 15 is 0 Å². The summed E-state index contributed by atoms with van der Waals surface area (Å²) >= 11 is 7.83. The molecule has 0 aliphatic carbocycles. The van der Waals surface area contributed by atoms with Crippen molar-refractivity contribution >= 4 is 44.9 Å². The molecule has 0 radical (unpaired) electrons. The Kier molecular flexibility index (Phi) is 3.47. The van der Waals surface area contributed by atoms with Gasteiger partial charge in [0, 0.05) is 32.9 Å². The Balaban J connectivity index is 2.03. The van der Waals surface area contributed by atoms with Crippen LogP contribution >= 0.6 is 23.1 Å². The predicted octanol–water partition coefficient (Wildman–Crippen LogP) is 4.65. The second-order valence-corrected chi connectivity index (χ2v) is 6.14. The quantitative estimate of drug-likeness (QED) is 0.612. The number of hydrogen-bond donors (Lipinski definition) is 0. The first-order valence-corrected chi connectivity index (χ1v) is 7.71. The molecule has 2 aromatic heterocycles. The molecule has 6 heteroatoms. The number of hydrogen-bond acceptors (Lipinski definition) is 3. The zero-order valence-corrected chi connectivity index (χ0v) is 13.5. The van der Waals surface area contributed by atoms with Crippen LogP contribution in [0.4, 0.5) is 10.5 Å². The first kappa shape index (κ1) is 14.1. The molecular formula is C15H14ClN3OS. The van der Waals surface area contributed by atoms with Crippen LogP contribution in [0.3, 0.4) is 0 Å². The van der Waals surface area contributed by atoms with Gasteiger partial charge >= 0.3 is 6.03 Å². The number of aromatic nitrogens is 2. The summed E-state index contributed by atoms with van der Waals surface area (Å²) in [5.74, 6) is 0. The highest BCUT2D eigenvalue weighted by atomic mass is 35.5. The first-order valence-electron chi connectivity index (χ1n) is 6.50. The summed E-state index contributed by atoms with van der Waals surface area (Å²) in [6.45, 7) is 5.69. The van der Waals surface area contributed by atoms with Crippen molar-refractivity contribution in [2.45, 2.75) is 20.8 Å². The SMILES string of the molecule is Cc1nn(C(=O)N(Cl)c2csc3ccccc23)c(C)c1C. The monoisotopic (exact) mass is 319 g/mol. The predicted molar refractivity (Wildman–Crippen MR) is 87.4 cm³/mol. The highest BCUT2D eigenvalue weighted by Crippen LogP contribution is 2.34. The molecule has 0 fully saturated rings. The van der Waals surface area contributed by atoms with E-state index in [1.54, 1.807) is 11.3 Å². The van der Waals surface area contributed by atoms with E-state index in [9.17, 15) is 4.79 Å². The topological polar surface area (TPSA) is 38.1 Å². The van der Waals surface area contributed by atoms with E-state index in [0.717, 1.165) is 31.5 Å². The Morgan fingerprint density at radius 3 is 2.67 bits per heavy atom. The van der Waals surface area contributed by atoms with E-state index in [1.807, 2.05) is 50.4 Å². The summed E-state index contributed by atoms with van der Waals surface area (Å²) in [6.07, 6.45) is 0. The van der Waals surface area contributed by atoms with Gasteiger partial charge in [0.2, 0.25) is 0 Å². The van der Waals surface area contributed by atoms with Crippen LogP contribution in [0.5, 0.6) is 0 Å². The van der Waals surface area contributed by atoms with Crippen LogP contribution in [0.2, 0.25) is 0 Å². The number of thiophene rings is 1. The lowest BCUT2D eigenvalue weighted by Crippen LogP contribution is -2.28. The van der Waals surface area contributed by atoms with E-state index in [1.165, 1.54) is 4.68 Å². The minimum Gasteiger partial charge on any atom is -0.244 e. The van der Waals surface area contributed by atoms with Gasteiger partial charge in [0.1, 0.15) is 0 Å². The lowest BCUT2D eigenvalue weighted by molar-refractivity contribution is 0.248. The van der Waals surface area contributed by atoms with Crippen LogP contribution in [-0.2, 0) is 0 Å². The smallest absolute Gasteiger partial charge is 0.244 e. The normalized spacial score (nSPS) is 11.0. The highest BCUT2D eigenvalue weighted by molar-refractivity contribution is 7.17. The molecule has 3 rings (SSSR count). The third-order valence-electron chi connectivity index (χ3n) is 3.67. The van der Waals surface area contributed by atoms with E-state index in [-0.39, 0.29) is 6.03 Å². The number of carbonyl (C=O) groups excluding carboxylic acids is 1. The van der Waals surface area contributed by atoms with Crippen molar-refractivity contribution in [3.8, 4) is 0 Å². The van der Waals surface area contributed by atoms with Crippen LogP contribution < -0.4 is 4.42 Å². The van der Waals surface area contributed by atoms with Gasteiger partial charge in [0.25, 0.3) is 0 Å². The second kappa shape index (κ2) is 5.16. The molecule has 108 valence electrons. The lowest BCUT2D eigenvalue weighted by atomic mass is 10.2. The maximum Gasteiger partial charge on any atom is 0.364 e. The minimum atomic E-state index is -0.367. The summed E-state index contributed by atoms with van der Waals surface area (Å²) in [6, 6.07) is 7.49.